The van der Waals surface area contributed by atoms with E-state index >= 15 is 0 Å². The number of anilines is 1. The zero-order valence-electron chi connectivity index (χ0n) is 14.8. The molecule has 26 heavy (non-hydrogen) atoms. The summed E-state index contributed by atoms with van der Waals surface area (Å²) in [5.41, 5.74) is 0.468. The summed E-state index contributed by atoms with van der Waals surface area (Å²) in [6.07, 6.45) is -0.874. The summed E-state index contributed by atoms with van der Waals surface area (Å²) in [6.45, 7) is 1.57. The summed E-state index contributed by atoms with van der Waals surface area (Å²) >= 11 is 2.78. The number of esters is 1. The second kappa shape index (κ2) is 7.43. The van der Waals surface area contributed by atoms with E-state index in [2.05, 4.69) is 4.98 Å². The van der Waals surface area contributed by atoms with E-state index in [9.17, 15) is 9.59 Å². The molecule has 0 saturated carbocycles. The van der Waals surface area contributed by atoms with Gasteiger partial charge in [0.1, 0.15) is 15.5 Å². The van der Waals surface area contributed by atoms with E-state index in [1.54, 1.807) is 44.4 Å². The number of hydrogen-bond donors (Lipinski definition) is 0. The Morgan fingerprint density at radius 2 is 1.85 bits per heavy atom. The van der Waals surface area contributed by atoms with Gasteiger partial charge in [-0.05, 0) is 37.3 Å². The van der Waals surface area contributed by atoms with Crippen LogP contribution in [0.4, 0.5) is 5.13 Å². The molecule has 2 aromatic heterocycles. The maximum atomic E-state index is 12.4. The average Bonchev–Trinajstić information content (AvgIpc) is 3.20. The molecule has 0 bridgehead atoms. The number of methoxy groups -OCH3 is 1. The van der Waals surface area contributed by atoms with Crippen molar-refractivity contribution in [1.82, 2.24) is 4.98 Å². The average molecular weight is 390 g/mol. The Kier molecular flexibility index (Phi) is 5.24. The number of carbonyl (C=O) groups is 2. The number of fused-ring (bicyclic) bond motifs is 1. The highest BCUT2D eigenvalue weighted by molar-refractivity contribution is 7.29. The molecule has 0 aliphatic heterocycles. The smallest absolute Gasteiger partial charge is 0.349 e. The van der Waals surface area contributed by atoms with Gasteiger partial charge in [0.2, 0.25) is 5.78 Å². The number of thiazole rings is 1. The molecule has 0 N–H and O–H groups in total. The zero-order chi connectivity index (χ0) is 18.8. The van der Waals surface area contributed by atoms with E-state index < -0.39 is 12.1 Å². The number of Topliss-reactive ketones (excluding diaryl/α,β-unsaturated/α-hetero) is 1. The summed E-state index contributed by atoms with van der Waals surface area (Å²) < 4.78 is 11.3. The Hall–Kier alpha value is -2.45. The van der Waals surface area contributed by atoms with Gasteiger partial charge in [0.15, 0.2) is 11.2 Å². The first kappa shape index (κ1) is 18.3. The summed E-state index contributed by atoms with van der Waals surface area (Å²) in [5.74, 6) is -0.109. The first-order chi connectivity index (χ1) is 12.4. The highest BCUT2D eigenvalue weighted by Gasteiger charge is 2.22. The third-order valence-corrected chi connectivity index (χ3v) is 6.00. The molecule has 0 spiro atoms. The Morgan fingerprint density at radius 3 is 2.42 bits per heavy atom. The summed E-state index contributed by atoms with van der Waals surface area (Å²) in [6, 6.07) is 8.46. The molecule has 0 amide bonds. The third-order valence-electron chi connectivity index (χ3n) is 3.69. The Morgan fingerprint density at radius 1 is 1.15 bits per heavy atom. The van der Waals surface area contributed by atoms with Crippen molar-refractivity contribution in [2.24, 2.45) is 0 Å². The van der Waals surface area contributed by atoms with Gasteiger partial charge in [-0.15, -0.1) is 11.3 Å². The van der Waals surface area contributed by atoms with E-state index in [1.807, 2.05) is 19.0 Å². The Bertz CT molecular complexity index is 912. The van der Waals surface area contributed by atoms with Crippen LogP contribution in [0.1, 0.15) is 27.0 Å². The first-order valence-electron chi connectivity index (χ1n) is 7.86. The fraction of sp³-hybridized carbons (Fsp3) is 0.278. The number of hydrogen-bond acceptors (Lipinski definition) is 8. The maximum Gasteiger partial charge on any atom is 0.349 e. The van der Waals surface area contributed by atoms with Crippen molar-refractivity contribution >= 4 is 49.1 Å². The summed E-state index contributed by atoms with van der Waals surface area (Å²) in [5, 5.41) is 0.884. The molecule has 6 nitrogen and oxygen atoms in total. The largest absolute Gasteiger partial charge is 0.497 e. The van der Waals surface area contributed by atoms with Gasteiger partial charge < -0.3 is 14.4 Å². The molecule has 1 atom stereocenters. The molecule has 1 unspecified atom stereocenters. The minimum atomic E-state index is -0.874. The Labute approximate surface area is 159 Å². The van der Waals surface area contributed by atoms with Crippen LogP contribution in [-0.4, -0.2) is 44.0 Å². The zero-order valence-corrected chi connectivity index (χ0v) is 16.4. The maximum absolute atomic E-state index is 12.4. The van der Waals surface area contributed by atoms with Gasteiger partial charge in [-0.1, -0.05) is 11.3 Å². The predicted octanol–water partition coefficient (Wildman–Crippen LogP) is 3.86. The van der Waals surface area contributed by atoms with Crippen LogP contribution in [0.15, 0.2) is 30.3 Å². The highest BCUT2D eigenvalue weighted by atomic mass is 32.1. The first-order valence-corrected chi connectivity index (χ1v) is 9.49. The Balaban J connectivity index is 1.69. The molecular formula is C18H18N2O4S2. The van der Waals surface area contributed by atoms with Crippen molar-refractivity contribution in [3.63, 3.8) is 0 Å². The second-order valence-electron chi connectivity index (χ2n) is 5.81. The lowest BCUT2D eigenvalue weighted by Gasteiger charge is -2.12. The van der Waals surface area contributed by atoms with Gasteiger partial charge in [-0.3, -0.25) is 4.79 Å². The fourth-order valence-electron chi connectivity index (χ4n) is 2.28. The van der Waals surface area contributed by atoms with E-state index in [1.165, 1.54) is 22.7 Å². The molecule has 136 valence electrons. The van der Waals surface area contributed by atoms with Crippen LogP contribution in [0, 0.1) is 0 Å². The number of benzene rings is 1. The minimum Gasteiger partial charge on any atom is -0.497 e. The van der Waals surface area contributed by atoms with Gasteiger partial charge in [-0.25, -0.2) is 9.78 Å². The number of ether oxygens (including phenoxy) is 2. The lowest BCUT2D eigenvalue weighted by atomic mass is 10.1. The molecule has 0 aliphatic rings. The van der Waals surface area contributed by atoms with E-state index in [-0.39, 0.29) is 5.78 Å². The van der Waals surface area contributed by atoms with E-state index in [0.29, 0.717) is 16.2 Å². The van der Waals surface area contributed by atoms with Crippen molar-refractivity contribution in [3.8, 4) is 5.75 Å². The number of aromatic nitrogens is 1. The second-order valence-corrected chi connectivity index (χ2v) is 7.85. The highest BCUT2D eigenvalue weighted by Crippen LogP contribution is 2.34. The van der Waals surface area contributed by atoms with Crippen LogP contribution in [-0.2, 0) is 4.74 Å². The molecule has 8 heteroatoms. The topological polar surface area (TPSA) is 68.7 Å². The van der Waals surface area contributed by atoms with Crippen LogP contribution < -0.4 is 9.64 Å². The quantitative estimate of drug-likeness (QED) is 0.470. The van der Waals surface area contributed by atoms with E-state index in [0.717, 1.165) is 14.7 Å². The summed E-state index contributed by atoms with van der Waals surface area (Å²) in [4.78, 5) is 32.4. The normalized spacial score (nSPS) is 12.0. The molecule has 0 saturated heterocycles. The van der Waals surface area contributed by atoms with Crippen LogP contribution in [0.5, 0.6) is 5.75 Å². The molecular weight excluding hydrogens is 372 g/mol. The van der Waals surface area contributed by atoms with Crippen molar-refractivity contribution in [2.45, 2.75) is 13.0 Å². The van der Waals surface area contributed by atoms with E-state index in [4.69, 9.17) is 9.47 Å². The number of rotatable bonds is 6. The third kappa shape index (κ3) is 3.71. The van der Waals surface area contributed by atoms with Crippen LogP contribution in [0.2, 0.25) is 0 Å². The van der Waals surface area contributed by atoms with Crippen molar-refractivity contribution in [2.75, 3.05) is 26.1 Å². The minimum absolute atomic E-state index is 0.257. The molecule has 0 fully saturated rings. The number of nitrogens with zero attached hydrogens (tertiary/aromatic N) is 2. The van der Waals surface area contributed by atoms with Crippen molar-refractivity contribution in [1.29, 1.82) is 0 Å². The van der Waals surface area contributed by atoms with Gasteiger partial charge >= 0.3 is 5.97 Å². The van der Waals surface area contributed by atoms with Crippen molar-refractivity contribution in [3.05, 3.63) is 40.8 Å². The fourth-order valence-corrected chi connectivity index (χ4v) is 4.29. The molecule has 0 radical (unpaired) electrons. The van der Waals surface area contributed by atoms with Gasteiger partial charge in [0, 0.05) is 19.7 Å². The van der Waals surface area contributed by atoms with Crippen LogP contribution in [0.3, 0.4) is 0 Å². The predicted molar refractivity (Wildman–Crippen MR) is 104 cm³/mol. The van der Waals surface area contributed by atoms with Gasteiger partial charge in [0.25, 0.3) is 0 Å². The SMILES string of the molecule is COc1ccc(C(=O)C(C)OC(=O)c2cc3sc(N(C)C)nc3s2)cc1. The summed E-state index contributed by atoms with van der Waals surface area (Å²) in [7, 11) is 5.40. The molecule has 2 heterocycles. The van der Waals surface area contributed by atoms with Crippen LogP contribution in [0.25, 0.3) is 9.53 Å². The van der Waals surface area contributed by atoms with Gasteiger partial charge in [-0.2, -0.15) is 0 Å². The number of carbonyl (C=O) groups excluding carboxylic acids is 2. The van der Waals surface area contributed by atoms with Crippen molar-refractivity contribution < 1.29 is 19.1 Å². The van der Waals surface area contributed by atoms with Crippen LogP contribution >= 0.6 is 22.7 Å². The molecule has 3 aromatic rings. The molecule has 1 aromatic carbocycles. The molecule has 0 aliphatic carbocycles. The number of ketones is 1. The van der Waals surface area contributed by atoms with Gasteiger partial charge in [0.05, 0.1) is 11.8 Å². The molecule has 3 rings (SSSR count). The lowest BCUT2D eigenvalue weighted by molar-refractivity contribution is 0.0323. The number of thiophene rings is 1. The monoisotopic (exact) mass is 390 g/mol. The lowest BCUT2D eigenvalue weighted by Crippen LogP contribution is -2.24. The standard InChI is InChI=1S/C18H18N2O4S2/c1-10(15(21)11-5-7-12(23-4)8-6-11)24-17(22)14-9-13-16(25-14)19-18(26-13)20(2)3/h5-10H,1-4H3.